The smallest absolute Gasteiger partial charge is 0.322 e. The van der Waals surface area contributed by atoms with Gasteiger partial charge in [-0.15, -0.1) is 0 Å². The monoisotopic (exact) mass is 452 g/mol. The fourth-order valence-electron chi connectivity index (χ4n) is 2.79. The van der Waals surface area contributed by atoms with E-state index in [1.54, 1.807) is 30.3 Å². The van der Waals surface area contributed by atoms with Gasteiger partial charge in [0.05, 0.1) is 16.8 Å². The van der Waals surface area contributed by atoms with Gasteiger partial charge in [0.1, 0.15) is 0 Å². The maximum Gasteiger partial charge on any atom is 0.418 e. The average molecular weight is 452 g/mol. The molecular formula is C22H14F6N2O2. The van der Waals surface area contributed by atoms with Crippen molar-refractivity contribution in [1.29, 1.82) is 0 Å². The van der Waals surface area contributed by atoms with E-state index in [4.69, 9.17) is 0 Å². The molecule has 0 aromatic heterocycles. The SMILES string of the molecule is O=C(Nc1cccc(C(=O)Nc2ccc(C(F)(F)F)cc2C(F)(F)F)c1)c1ccccc1. The summed E-state index contributed by atoms with van der Waals surface area (Å²) in [6.45, 7) is 0. The van der Waals surface area contributed by atoms with E-state index in [2.05, 4.69) is 5.32 Å². The summed E-state index contributed by atoms with van der Waals surface area (Å²) < 4.78 is 78.2. The fraction of sp³-hybridized carbons (Fsp3) is 0.0909. The number of amides is 2. The molecular weight excluding hydrogens is 438 g/mol. The third-order valence-electron chi connectivity index (χ3n) is 4.32. The number of alkyl halides is 6. The standard InChI is InChI=1S/C22H14F6N2O2/c23-21(24,25)15-9-10-18(17(12-15)22(26,27)28)30-20(32)14-7-4-8-16(11-14)29-19(31)13-5-2-1-3-6-13/h1-12H,(H,29,31)(H,30,32). The van der Waals surface area contributed by atoms with Gasteiger partial charge < -0.3 is 10.6 Å². The molecule has 0 fully saturated rings. The van der Waals surface area contributed by atoms with E-state index >= 15 is 0 Å². The molecule has 10 heteroatoms. The van der Waals surface area contributed by atoms with Crippen LogP contribution < -0.4 is 10.6 Å². The lowest BCUT2D eigenvalue weighted by atomic mass is 10.1. The van der Waals surface area contributed by atoms with Gasteiger partial charge in [0.25, 0.3) is 11.8 Å². The number of benzene rings is 3. The number of hydrogen-bond donors (Lipinski definition) is 2. The molecule has 0 spiro atoms. The highest BCUT2D eigenvalue weighted by atomic mass is 19.4. The predicted octanol–water partition coefficient (Wildman–Crippen LogP) is 6.23. The third-order valence-corrected chi connectivity index (χ3v) is 4.32. The third kappa shape index (κ3) is 5.45. The number of carbonyl (C=O) groups is 2. The van der Waals surface area contributed by atoms with Crippen molar-refractivity contribution in [2.75, 3.05) is 10.6 Å². The van der Waals surface area contributed by atoms with Crippen LogP contribution in [0.25, 0.3) is 0 Å². The van der Waals surface area contributed by atoms with Crippen molar-refractivity contribution in [2.24, 2.45) is 0 Å². The van der Waals surface area contributed by atoms with Gasteiger partial charge in [0.2, 0.25) is 0 Å². The van der Waals surface area contributed by atoms with E-state index in [1.165, 1.54) is 24.3 Å². The van der Waals surface area contributed by atoms with E-state index in [0.717, 1.165) is 0 Å². The maximum absolute atomic E-state index is 13.3. The molecule has 2 amide bonds. The van der Waals surface area contributed by atoms with Gasteiger partial charge >= 0.3 is 12.4 Å². The molecule has 0 saturated carbocycles. The summed E-state index contributed by atoms with van der Waals surface area (Å²) in [5, 5.41) is 4.54. The molecule has 0 atom stereocenters. The second-order valence-electron chi connectivity index (χ2n) is 6.61. The minimum atomic E-state index is -5.13. The zero-order chi connectivity index (χ0) is 23.5. The molecule has 0 heterocycles. The van der Waals surface area contributed by atoms with Crippen molar-refractivity contribution in [2.45, 2.75) is 12.4 Å². The van der Waals surface area contributed by atoms with Gasteiger partial charge in [-0.3, -0.25) is 9.59 Å². The first-order valence-corrected chi connectivity index (χ1v) is 9.01. The van der Waals surface area contributed by atoms with Gasteiger partial charge in [-0.25, -0.2) is 0 Å². The Morgan fingerprint density at radius 3 is 1.88 bits per heavy atom. The van der Waals surface area contributed by atoms with E-state index in [9.17, 15) is 35.9 Å². The summed E-state index contributed by atoms with van der Waals surface area (Å²) in [6, 6.07) is 14.5. The molecule has 0 aliphatic heterocycles. The number of nitrogens with one attached hydrogen (secondary N) is 2. The number of rotatable bonds is 4. The molecule has 0 bridgehead atoms. The molecule has 166 valence electrons. The van der Waals surface area contributed by atoms with Crippen LogP contribution in [0.5, 0.6) is 0 Å². The Balaban J connectivity index is 1.83. The summed E-state index contributed by atoms with van der Waals surface area (Å²) in [5.74, 6) is -1.46. The van der Waals surface area contributed by atoms with Crippen LogP contribution in [0.15, 0.2) is 72.8 Å². The largest absolute Gasteiger partial charge is 0.418 e. The predicted molar refractivity (Wildman–Crippen MR) is 105 cm³/mol. The van der Waals surface area contributed by atoms with Gasteiger partial charge in [0, 0.05) is 16.8 Å². The minimum Gasteiger partial charge on any atom is -0.322 e. The molecule has 4 nitrogen and oxygen atoms in total. The van der Waals surface area contributed by atoms with Crippen LogP contribution in [0.4, 0.5) is 37.7 Å². The summed E-state index contributed by atoms with van der Waals surface area (Å²) in [4.78, 5) is 24.7. The molecule has 3 aromatic rings. The Kier molecular flexibility index (Phi) is 6.24. The lowest BCUT2D eigenvalue weighted by Gasteiger charge is -2.16. The van der Waals surface area contributed by atoms with Crippen LogP contribution in [-0.2, 0) is 12.4 Å². The van der Waals surface area contributed by atoms with Gasteiger partial charge in [-0.05, 0) is 48.5 Å². The second-order valence-corrected chi connectivity index (χ2v) is 6.61. The van der Waals surface area contributed by atoms with Crippen LogP contribution >= 0.6 is 0 Å². The first-order chi connectivity index (χ1) is 14.9. The Labute approximate surface area is 177 Å². The van der Waals surface area contributed by atoms with Crippen LogP contribution in [0.1, 0.15) is 31.8 Å². The Morgan fingerprint density at radius 1 is 0.625 bits per heavy atom. The summed E-state index contributed by atoms with van der Waals surface area (Å²) in [5.41, 5.74) is -3.50. The number of hydrogen-bond acceptors (Lipinski definition) is 2. The quantitative estimate of drug-likeness (QED) is 0.461. The Bertz CT molecular complexity index is 1140. The molecule has 3 aromatic carbocycles. The topological polar surface area (TPSA) is 58.2 Å². The first kappa shape index (κ1) is 22.9. The van der Waals surface area contributed by atoms with Crippen LogP contribution in [0, 0.1) is 0 Å². The highest BCUT2D eigenvalue weighted by Gasteiger charge is 2.38. The van der Waals surface area contributed by atoms with Gasteiger partial charge in [-0.1, -0.05) is 24.3 Å². The van der Waals surface area contributed by atoms with E-state index in [0.29, 0.717) is 17.7 Å². The lowest BCUT2D eigenvalue weighted by molar-refractivity contribution is -0.142. The second kappa shape index (κ2) is 8.74. The molecule has 0 aliphatic rings. The summed E-state index contributed by atoms with van der Waals surface area (Å²) >= 11 is 0. The maximum atomic E-state index is 13.3. The van der Waals surface area contributed by atoms with Crippen molar-refractivity contribution < 1.29 is 35.9 Å². The molecule has 3 rings (SSSR count). The van der Waals surface area contributed by atoms with Crippen molar-refractivity contribution in [3.8, 4) is 0 Å². The summed E-state index contributed by atoms with van der Waals surface area (Å²) in [6.07, 6.45) is -10.1. The van der Waals surface area contributed by atoms with E-state index < -0.39 is 41.0 Å². The van der Waals surface area contributed by atoms with Crippen molar-refractivity contribution in [3.05, 3.63) is 95.1 Å². The molecule has 0 radical (unpaired) electrons. The molecule has 32 heavy (non-hydrogen) atoms. The minimum absolute atomic E-state index is 0.0634. The van der Waals surface area contributed by atoms with Crippen LogP contribution in [0.2, 0.25) is 0 Å². The van der Waals surface area contributed by atoms with Crippen LogP contribution in [-0.4, -0.2) is 11.8 Å². The van der Waals surface area contributed by atoms with Crippen molar-refractivity contribution in [3.63, 3.8) is 0 Å². The zero-order valence-corrected chi connectivity index (χ0v) is 16.0. The molecule has 0 unspecified atom stereocenters. The zero-order valence-electron chi connectivity index (χ0n) is 16.0. The summed E-state index contributed by atoms with van der Waals surface area (Å²) in [7, 11) is 0. The van der Waals surface area contributed by atoms with Crippen molar-refractivity contribution >= 4 is 23.2 Å². The fourth-order valence-corrected chi connectivity index (χ4v) is 2.79. The highest BCUT2D eigenvalue weighted by Crippen LogP contribution is 2.39. The van der Waals surface area contributed by atoms with Crippen molar-refractivity contribution in [1.82, 2.24) is 0 Å². The first-order valence-electron chi connectivity index (χ1n) is 9.01. The number of carbonyl (C=O) groups excluding carboxylic acids is 2. The van der Waals surface area contributed by atoms with E-state index in [-0.39, 0.29) is 17.3 Å². The number of halogens is 6. The number of anilines is 2. The molecule has 0 aliphatic carbocycles. The Hall–Kier alpha value is -3.82. The molecule has 0 saturated heterocycles. The normalized spacial score (nSPS) is 11.7. The molecule has 2 N–H and O–H groups in total. The van der Waals surface area contributed by atoms with E-state index in [1.807, 2.05) is 5.32 Å². The Morgan fingerprint density at radius 2 is 1.25 bits per heavy atom. The van der Waals surface area contributed by atoms with Crippen LogP contribution in [0.3, 0.4) is 0 Å². The van der Waals surface area contributed by atoms with Gasteiger partial charge in [0.15, 0.2) is 0 Å². The van der Waals surface area contributed by atoms with Gasteiger partial charge in [-0.2, -0.15) is 26.3 Å². The highest BCUT2D eigenvalue weighted by molar-refractivity contribution is 6.07. The lowest BCUT2D eigenvalue weighted by Crippen LogP contribution is -2.18. The average Bonchev–Trinajstić information content (AvgIpc) is 2.73.